The molecule has 0 unspecified atom stereocenters. The number of hydrogen-bond acceptors (Lipinski definition) is 1. The molecule has 4 aliphatic rings. The van der Waals surface area contributed by atoms with Crippen molar-refractivity contribution in [2.75, 3.05) is 11.9 Å². The maximum atomic E-state index is 12.1. The van der Waals surface area contributed by atoms with E-state index in [9.17, 15) is 4.79 Å². The Bertz CT molecular complexity index is 293. The van der Waals surface area contributed by atoms with E-state index in [1.807, 2.05) is 0 Å². The topological polar surface area (TPSA) is 29.1 Å². The molecule has 18 heavy (non-hydrogen) atoms. The van der Waals surface area contributed by atoms with E-state index in [2.05, 4.69) is 21.2 Å². The summed E-state index contributed by atoms with van der Waals surface area (Å²) in [4.78, 5) is 12.1. The Kier molecular flexibility index (Phi) is 3.70. The van der Waals surface area contributed by atoms with Crippen LogP contribution in [-0.2, 0) is 4.79 Å². The molecule has 0 heterocycles. The van der Waals surface area contributed by atoms with Gasteiger partial charge >= 0.3 is 0 Å². The molecule has 0 aromatic rings. The van der Waals surface area contributed by atoms with E-state index in [0.29, 0.717) is 11.3 Å². The van der Waals surface area contributed by atoms with Crippen LogP contribution < -0.4 is 5.32 Å². The van der Waals surface area contributed by atoms with Crippen molar-refractivity contribution >= 4 is 21.8 Å². The summed E-state index contributed by atoms with van der Waals surface area (Å²) in [5.74, 6) is 3.16. The number of carbonyl (C=O) groups is 1. The van der Waals surface area contributed by atoms with E-state index in [4.69, 9.17) is 0 Å². The van der Waals surface area contributed by atoms with Crippen molar-refractivity contribution in [3.63, 3.8) is 0 Å². The van der Waals surface area contributed by atoms with Crippen molar-refractivity contribution in [2.45, 2.75) is 51.4 Å². The smallest absolute Gasteiger partial charge is 0.220 e. The lowest BCUT2D eigenvalue weighted by Crippen LogP contribution is -2.48. The molecule has 4 rings (SSSR count). The Balaban J connectivity index is 1.57. The van der Waals surface area contributed by atoms with Crippen molar-refractivity contribution in [1.82, 2.24) is 5.32 Å². The summed E-state index contributed by atoms with van der Waals surface area (Å²) in [5.41, 5.74) is 0.396. The van der Waals surface area contributed by atoms with Gasteiger partial charge in [0.25, 0.3) is 0 Å². The summed E-state index contributed by atoms with van der Waals surface area (Å²) in [7, 11) is 0. The van der Waals surface area contributed by atoms with Gasteiger partial charge in [0.2, 0.25) is 5.91 Å². The van der Waals surface area contributed by atoms with Crippen LogP contribution in [-0.4, -0.2) is 17.8 Å². The molecule has 0 saturated heterocycles. The molecule has 1 N–H and O–H groups in total. The van der Waals surface area contributed by atoms with Gasteiger partial charge < -0.3 is 5.32 Å². The normalized spacial score (nSPS) is 41.1. The van der Waals surface area contributed by atoms with Crippen LogP contribution in [0.3, 0.4) is 0 Å². The van der Waals surface area contributed by atoms with Gasteiger partial charge in [-0.3, -0.25) is 4.79 Å². The van der Waals surface area contributed by atoms with Crippen LogP contribution in [0, 0.1) is 23.2 Å². The van der Waals surface area contributed by atoms with Crippen LogP contribution in [0.4, 0.5) is 0 Å². The Morgan fingerprint density at radius 1 is 1.11 bits per heavy atom. The van der Waals surface area contributed by atoms with Gasteiger partial charge in [0.05, 0.1) is 0 Å². The first-order chi connectivity index (χ1) is 8.69. The summed E-state index contributed by atoms with van der Waals surface area (Å²) < 4.78 is 0. The second-order valence-electron chi connectivity index (χ2n) is 6.99. The second-order valence-corrected chi connectivity index (χ2v) is 7.78. The number of alkyl halides is 1. The molecule has 4 saturated carbocycles. The largest absolute Gasteiger partial charge is 0.356 e. The van der Waals surface area contributed by atoms with Crippen molar-refractivity contribution in [1.29, 1.82) is 0 Å². The predicted molar refractivity (Wildman–Crippen MR) is 76.6 cm³/mol. The third kappa shape index (κ3) is 2.61. The van der Waals surface area contributed by atoms with Gasteiger partial charge in [0.15, 0.2) is 0 Å². The number of nitrogens with one attached hydrogen (secondary N) is 1. The number of halogens is 1. The molecule has 4 bridgehead atoms. The van der Waals surface area contributed by atoms with Gasteiger partial charge in [0.1, 0.15) is 0 Å². The molecule has 0 spiro atoms. The zero-order valence-electron chi connectivity index (χ0n) is 11.1. The molecule has 4 fully saturated rings. The minimum atomic E-state index is 0.304. The third-order valence-corrected chi connectivity index (χ3v) is 5.89. The summed E-state index contributed by atoms with van der Waals surface area (Å²) in [6.45, 7) is 0.830. The molecule has 0 aromatic heterocycles. The highest BCUT2D eigenvalue weighted by molar-refractivity contribution is 9.09. The van der Waals surface area contributed by atoms with Crippen LogP contribution in [0.1, 0.15) is 51.4 Å². The molecule has 0 aromatic carbocycles. The highest BCUT2D eigenvalue weighted by Gasteiger charge is 2.51. The summed E-state index contributed by atoms with van der Waals surface area (Å²) in [6, 6.07) is 0. The monoisotopic (exact) mass is 313 g/mol. The number of rotatable bonds is 5. The molecule has 2 nitrogen and oxygen atoms in total. The predicted octanol–water partition coefficient (Wildman–Crippen LogP) is 3.49. The molecule has 3 heteroatoms. The van der Waals surface area contributed by atoms with E-state index in [-0.39, 0.29) is 0 Å². The van der Waals surface area contributed by atoms with Crippen LogP contribution >= 0.6 is 15.9 Å². The summed E-state index contributed by atoms with van der Waals surface area (Å²) >= 11 is 3.40. The quantitative estimate of drug-likeness (QED) is 0.611. The number of amides is 1. The Hall–Kier alpha value is -0.0500. The molecule has 0 aliphatic heterocycles. The zero-order valence-corrected chi connectivity index (χ0v) is 12.7. The van der Waals surface area contributed by atoms with Gasteiger partial charge in [-0.05, 0) is 68.1 Å². The van der Waals surface area contributed by atoms with Crippen molar-refractivity contribution in [2.24, 2.45) is 23.2 Å². The van der Waals surface area contributed by atoms with Crippen molar-refractivity contribution in [3.05, 3.63) is 0 Å². The minimum absolute atomic E-state index is 0.304. The fourth-order valence-electron chi connectivity index (χ4n) is 5.20. The SMILES string of the molecule is O=C(CC12CC3CC(CC(C3)C1)C2)NCCCBr. The Morgan fingerprint density at radius 2 is 1.67 bits per heavy atom. The Morgan fingerprint density at radius 3 is 2.17 bits per heavy atom. The van der Waals surface area contributed by atoms with E-state index < -0.39 is 0 Å². The Labute approximate surface area is 118 Å². The lowest BCUT2D eigenvalue weighted by atomic mass is 9.49. The lowest BCUT2D eigenvalue weighted by Gasteiger charge is -2.56. The minimum Gasteiger partial charge on any atom is -0.356 e. The average Bonchev–Trinajstić information content (AvgIpc) is 2.26. The highest BCUT2D eigenvalue weighted by atomic mass is 79.9. The lowest BCUT2D eigenvalue weighted by molar-refractivity contribution is -0.129. The number of carbonyl (C=O) groups excluding carboxylic acids is 1. The fraction of sp³-hybridized carbons (Fsp3) is 0.933. The van der Waals surface area contributed by atoms with Crippen LogP contribution in [0.2, 0.25) is 0 Å². The maximum Gasteiger partial charge on any atom is 0.220 e. The zero-order chi connectivity index (χ0) is 12.6. The molecular formula is C15H24BrNO. The fourth-order valence-corrected chi connectivity index (χ4v) is 5.48. The molecule has 0 radical (unpaired) electrons. The average molecular weight is 314 g/mol. The van der Waals surface area contributed by atoms with E-state index in [1.165, 1.54) is 38.5 Å². The molecule has 102 valence electrons. The van der Waals surface area contributed by atoms with Crippen LogP contribution in [0.25, 0.3) is 0 Å². The standard InChI is InChI=1S/C15H24BrNO/c16-2-1-3-17-14(18)10-15-7-11-4-12(8-15)6-13(5-11)9-15/h11-13H,1-10H2,(H,17,18). The van der Waals surface area contributed by atoms with E-state index in [0.717, 1.165) is 42.5 Å². The maximum absolute atomic E-state index is 12.1. The van der Waals surface area contributed by atoms with Crippen LogP contribution in [0.5, 0.6) is 0 Å². The summed E-state index contributed by atoms with van der Waals surface area (Å²) in [5, 5.41) is 4.07. The van der Waals surface area contributed by atoms with Gasteiger partial charge in [-0.1, -0.05) is 15.9 Å². The van der Waals surface area contributed by atoms with E-state index >= 15 is 0 Å². The highest BCUT2D eigenvalue weighted by Crippen LogP contribution is 2.61. The van der Waals surface area contributed by atoms with Crippen molar-refractivity contribution in [3.8, 4) is 0 Å². The first-order valence-electron chi connectivity index (χ1n) is 7.52. The van der Waals surface area contributed by atoms with Gasteiger partial charge in [0, 0.05) is 18.3 Å². The number of hydrogen-bond donors (Lipinski definition) is 1. The molecule has 0 atom stereocenters. The van der Waals surface area contributed by atoms with E-state index in [1.54, 1.807) is 0 Å². The van der Waals surface area contributed by atoms with Gasteiger partial charge in [-0.25, -0.2) is 0 Å². The first-order valence-corrected chi connectivity index (χ1v) is 8.64. The second kappa shape index (κ2) is 5.15. The molecule has 4 aliphatic carbocycles. The first kappa shape index (κ1) is 13.0. The molecular weight excluding hydrogens is 290 g/mol. The van der Waals surface area contributed by atoms with Crippen molar-refractivity contribution < 1.29 is 4.79 Å². The summed E-state index contributed by atoms with van der Waals surface area (Å²) in [6.07, 6.45) is 10.2. The van der Waals surface area contributed by atoms with Gasteiger partial charge in [-0.2, -0.15) is 0 Å². The van der Waals surface area contributed by atoms with Gasteiger partial charge in [-0.15, -0.1) is 0 Å². The molecule has 1 amide bonds. The third-order valence-electron chi connectivity index (χ3n) is 5.33. The van der Waals surface area contributed by atoms with Crippen LogP contribution in [0.15, 0.2) is 0 Å².